The molecular formula is C14H10ClN3O5. The number of halogens is 1. The van der Waals surface area contributed by atoms with Crippen LogP contribution in [0, 0.1) is 27.2 Å². The van der Waals surface area contributed by atoms with Gasteiger partial charge in [-0.15, -0.1) is 0 Å². The summed E-state index contributed by atoms with van der Waals surface area (Å²) in [5, 5.41) is 24.6. The maximum absolute atomic E-state index is 12.2. The van der Waals surface area contributed by atoms with E-state index in [4.69, 9.17) is 11.6 Å². The molecule has 23 heavy (non-hydrogen) atoms. The molecule has 0 bridgehead atoms. The van der Waals surface area contributed by atoms with Crippen LogP contribution in [0.25, 0.3) is 0 Å². The molecule has 0 heterocycles. The molecule has 2 aromatic carbocycles. The summed E-state index contributed by atoms with van der Waals surface area (Å²) in [6, 6.07) is 7.59. The van der Waals surface area contributed by atoms with Gasteiger partial charge in [0.1, 0.15) is 0 Å². The number of anilines is 1. The molecule has 1 N–H and O–H groups in total. The highest BCUT2D eigenvalue weighted by atomic mass is 35.5. The molecule has 118 valence electrons. The van der Waals surface area contributed by atoms with Gasteiger partial charge >= 0.3 is 0 Å². The average Bonchev–Trinajstić information content (AvgIpc) is 2.50. The number of nitro groups is 2. The third kappa shape index (κ3) is 3.80. The Hall–Kier alpha value is -3.00. The molecule has 0 spiro atoms. The summed E-state index contributed by atoms with van der Waals surface area (Å²) in [5.74, 6) is -0.706. The largest absolute Gasteiger partial charge is 0.322 e. The standard InChI is InChI=1S/C14H10ClN3O5/c1-8-2-3-10(15)6-13(8)16-14(19)9-4-11(17(20)21)7-12(5-9)18(22)23/h2-7H,1H3,(H,16,19). The molecule has 9 heteroatoms. The second-order valence-corrected chi connectivity index (χ2v) is 5.10. The number of hydrogen-bond donors (Lipinski definition) is 1. The molecule has 2 aromatic rings. The number of amides is 1. The Morgan fingerprint density at radius 3 is 2.13 bits per heavy atom. The normalized spacial score (nSPS) is 10.2. The van der Waals surface area contributed by atoms with E-state index in [1.807, 2.05) is 0 Å². The lowest BCUT2D eigenvalue weighted by Gasteiger charge is -2.09. The van der Waals surface area contributed by atoms with Crippen LogP contribution in [0.1, 0.15) is 15.9 Å². The average molecular weight is 336 g/mol. The number of nitro benzene ring substituents is 2. The minimum atomic E-state index is -0.797. The molecular weight excluding hydrogens is 326 g/mol. The first-order valence-corrected chi connectivity index (χ1v) is 6.67. The fourth-order valence-electron chi connectivity index (χ4n) is 1.86. The highest BCUT2D eigenvalue weighted by molar-refractivity contribution is 6.31. The van der Waals surface area contributed by atoms with Gasteiger partial charge in [0.05, 0.1) is 21.5 Å². The van der Waals surface area contributed by atoms with E-state index in [0.717, 1.165) is 23.8 Å². The highest BCUT2D eigenvalue weighted by Gasteiger charge is 2.20. The van der Waals surface area contributed by atoms with E-state index in [9.17, 15) is 25.0 Å². The van der Waals surface area contributed by atoms with Crippen molar-refractivity contribution in [3.63, 3.8) is 0 Å². The summed E-state index contributed by atoms with van der Waals surface area (Å²) >= 11 is 5.85. The molecule has 0 saturated carbocycles. The van der Waals surface area contributed by atoms with Crippen LogP contribution >= 0.6 is 11.6 Å². The molecule has 2 rings (SSSR count). The number of carbonyl (C=O) groups is 1. The summed E-state index contributed by atoms with van der Waals surface area (Å²) in [6.07, 6.45) is 0. The third-order valence-electron chi connectivity index (χ3n) is 3.03. The predicted octanol–water partition coefficient (Wildman–Crippen LogP) is 3.72. The van der Waals surface area contributed by atoms with E-state index >= 15 is 0 Å². The first-order valence-electron chi connectivity index (χ1n) is 6.29. The van der Waals surface area contributed by atoms with Gasteiger partial charge in [0.15, 0.2) is 0 Å². The lowest BCUT2D eigenvalue weighted by Crippen LogP contribution is -2.13. The summed E-state index contributed by atoms with van der Waals surface area (Å²) in [4.78, 5) is 32.3. The molecule has 8 nitrogen and oxygen atoms in total. The minimum Gasteiger partial charge on any atom is -0.322 e. The zero-order chi connectivity index (χ0) is 17.1. The molecule has 0 unspecified atom stereocenters. The van der Waals surface area contributed by atoms with Gasteiger partial charge in [-0.3, -0.25) is 25.0 Å². The van der Waals surface area contributed by atoms with Crippen molar-refractivity contribution in [2.75, 3.05) is 5.32 Å². The molecule has 0 aliphatic carbocycles. The Kier molecular flexibility index (Phi) is 4.56. The van der Waals surface area contributed by atoms with E-state index in [2.05, 4.69) is 5.32 Å². The van der Waals surface area contributed by atoms with E-state index in [1.54, 1.807) is 19.1 Å². The molecule has 0 fully saturated rings. The highest BCUT2D eigenvalue weighted by Crippen LogP contribution is 2.25. The van der Waals surface area contributed by atoms with Crippen molar-refractivity contribution in [2.24, 2.45) is 0 Å². The number of nitrogens with zero attached hydrogens (tertiary/aromatic N) is 2. The van der Waals surface area contributed by atoms with Crippen molar-refractivity contribution in [3.05, 3.63) is 72.8 Å². The second kappa shape index (κ2) is 6.41. The lowest BCUT2D eigenvalue weighted by atomic mass is 10.1. The Morgan fingerprint density at radius 2 is 1.61 bits per heavy atom. The fraction of sp³-hybridized carbons (Fsp3) is 0.0714. The predicted molar refractivity (Wildman–Crippen MR) is 83.9 cm³/mol. The second-order valence-electron chi connectivity index (χ2n) is 4.67. The SMILES string of the molecule is Cc1ccc(Cl)cc1NC(=O)c1cc([N+](=O)[O-])cc([N+](=O)[O-])c1. The number of nitrogens with one attached hydrogen (secondary N) is 1. The molecule has 0 aliphatic rings. The summed E-state index contributed by atoms with van der Waals surface area (Å²) in [6.45, 7) is 1.74. The molecule has 0 radical (unpaired) electrons. The van der Waals surface area contributed by atoms with Gasteiger partial charge in [-0.1, -0.05) is 17.7 Å². The topological polar surface area (TPSA) is 115 Å². The van der Waals surface area contributed by atoms with E-state index in [-0.39, 0.29) is 5.56 Å². The summed E-state index contributed by atoms with van der Waals surface area (Å²) in [5.41, 5.74) is -0.121. The zero-order valence-electron chi connectivity index (χ0n) is 11.8. The van der Waals surface area contributed by atoms with Crippen molar-refractivity contribution < 1.29 is 14.6 Å². The number of benzene rings is 2. The molecule has 1 amide bonds. The van der Waals surface area contributed by atoms with E-state index in [0.29, 0.717) is 10.7 Å². The monoisotopic (exact) mass is 335 g/mol. The van der Waals surface area contributed by atoms with Crippen molar-refractivity contribution in [2.45, 2.75) is 6.92 Å². The van der Waals surface area contributed by atoms with Crippen LogP contribution in [0.15, 0.2) is 36.4 Å². The summed E-state index contributed by atoms with van der Waals surface area (Å²) < 4.78 is 0. The fourth-order valence-corrected chi connectivity index (χ4v) is 2.03. The van der Waals surface area contributed by atoms with Gasteiger partial charge in [0.25, 0.3) is 17.3 Å². The van der Waals surface area contributed by atoms with Crippen LogP contribution in [0.3, 0.4) is 0 Å². The van der Waals surface area contributed by atoms with Crippen molar-refractivity contribution in [1.29, 1.82) is 0 Å². The maximum Gasteiger partial charge on any atom is 0.277 e. The number of non-ortho nitro benzene ring substituents is 2. The van der Waals surface area contributed by atoms with Gasteiger partial charge < -0.3 is 5.32 Å². The zero-order valence-corrected chi connectivity index (χ0v) is 12.5. The van der Waals surface area contributed by atoms with Crippen molar-refractivity contribution in [1.82, 2.24) is 0 Å². The van der Waals surface area contributed by atoms with E-state index in [1.165, 1.54) is 6.07 Å². The van der Waals surface area contributed by atoms with Gasteiger partial charge in [-0.05, 0) is 24.6 Å². The first kappa shape index (κ1) is 16.4. The number of hydrogen-bond acceptors (Lipinski definition) is 5. The molecule has 0 aromatic heterocycles. The van der Waals surface area contributed by atoms with Crippen LogP contribution < -0.4 is 5.32 Å². The van der Waals surface area contributed by atoms with Crippen molar-refractivity contribution >= 4 is 34.6 Å². The number of aryl methyl sites for hydroxylation is 1. The van der Waals surface area contributed by atoms with E-state index < -0.39 is 27.1 Å². The van der Waals surface area contributed by atoms with Crippen LogP contribution in [-0.2, 0) is 0 Å². The van der Waals surface area contributed by atoms with Crippen LogP contribution in [-0.4, -0.2) is 15.8 Å². The Bertz CT molecular complexity index is 790. The lowest BCUT2D eigenvalue weighted by molar-refractivity contribution is -0.394. The quantitative estimate of drug-likeness (QED) is 0.675. The van der Waals surface area contributed by atoms with Crippen LogP contribution in [0.4, 0.5) is 17.1 Å². The maximum atomic E-state index is 12.2. The number of carbonyl (C=O) groups excluding carboxylic acids is 1. The van der Waals surface area contributed by atoms with Gasteiger partial charge in [-0.25, -0.2) is 0 Å². The Balaban J connectivity index is 2.40. The summed E-state index contributed by atoms with van der Waals surface area (Å²) in [7, 11) is 0. The van der Waals surface area contributed by atoms with Crippen molar-refractivity contribution in [3.8, 4) is 0 Å². The third-order valence-corrected chi connectivity index (χ3v) is 3.27. The Labute approximate surface area is 135 Å². The first-order chi connectivity index (χ1) is 10.8. The van der Waals surface area contributed by atoms with Gasteiger partial charge in [0, 0.05) is 22.8 Å². The minimum absolute atomic E-state index is 0.190. The van der Waals surface area contributed by atoms with Gasteiger partial charge in [-0.2, -0.15) is 0 Å². The molecule has 0 aliphatic heterocycles. The van der Waals surface area contributed by atoms with Crippen LogP contribution in [0.2, 0.25) is 5.02 Å². The molecule has 0 atom stereocenters. The van der Waals surface area contributed by atoms with Gasteiger partial charge in [0.2, 0.25) is 0 Å². The molecule has 0 saturated heterocycles. The van der Waals surface area contributed by atoms with Crippen LogP contribution in [0.5, 0.6) is 0 Å². The smallest absolute Gasteiger partial charge is 0.277 e. The number of rotatable bonds is 4. The Morgan fingerprint density at radius 1 is 1.04 bits per heavy atom.